The number of aliphatic hydroxyl groups is 1. The molecular weight excluding hydrogens is 254 g/mol. The van der Waals surface area contributed by atoms with Crippen molar-refractivity contribution in [3.63, 3.8) is 0 Å². The Labute approximate surface area is 113 Å². The average Bonchev–Trinajstić information content (AvgIpc) is 2.31. The van der Waals surface area contributed by atoms with Crippen LogP contribution in [-0.4, -0.2) is 31.5 Å². The zero-order valence-corrected chi connectivity index (χ0v) is 11.8. The molecule has 0 radical (unpaired) electrons. The lowest BCUT2D eigenvalue weighted by atomic mass is 10.1. The first-order valence-corrected chi connectivity index (χ1v) is 6.34. The van der Waals surface area contributed by atoms with E-state index in [-0.39, 0.29) is 6.10 Å². The zero-order chi connectivity index (χ0) is 13.5. The van der Waals surface area contributed by atoms with E-state index in [4.69, 9.17) is 21.1 Å². The fourth-order valence-corrected chi connectivity index (χ4v) is 1.86. The Bertz CT molecular complexity index is 383. The third-order valence-electron chi connectivity index (χ3n) is 2.36. The van der Waals surface area contributed by atoms with Crippen LogP contribution in [-0.2, 0) is 6.54 Å². The molecule has 0 fully saturated rings. The summed E-state index contributed by atoms with van der Waals surface area (Å²) in [7, 11) is 1.58. The SMILES string of the molecule is CCOc1c(CNC[C@@H](C)O)cc(Cl)cc1OC. The minimum absolute atomic E-state index is 0.387. The molecule has 0 saturated carbocycles. The van der Waals surface area contributed by atoms with Crippen molar-refractivity contribution in [3.8, 4) is 11.5 Å². The Balaban J connectivity index is 2.88. The molecule has 0 heterocycles. The maximum Gasteiger partial charge on any atom is 0.165 e. The molecule has 0 bridgehead atoms. The Morgan fingerprint density at radius 3 is 2.72 bits per heavy atom. The van der Waals surface area contributed by atoms with Crippen molar-refractivity contribution in [2.24, 2.45) is 0 Å². The molecule has 0 aromatic heterocycles. The molecule has 0 spiro atoms. The van der Waals surface area contributed by atoms with Crippen molar-refractivity contribution in [3.05, 3.63) is 22.7 Å². The summed E-state index contributed by atoms with van der Waals surface area (Å²) < 4.78 is 10.8. The molecule has 0 amide bonds. The summed E-state index contributed by atoms with van der Waals surface area (Å²) in [5.74, 6) is 1.32. The minimum atomic E-state index is -0.387. The van der Waals surface area contributed by atoms with Crippen LogP contribution in [0.4, 0.5) is 0 Å². The van der Waals surface area contributed by atoms with E-state index in [1.54, 1.807) is 20.1 Å². The highest BCUT2D eigenvalue weighted by Crippen LogP contribution is 2.34. The molecule has 4 nitrogen and oxygen atoms in total. The molecule has 0 aliphatic rings. The van der Waals surface area contributed by atoms with E-state index in [0.717, 1.165) is 5.56 Å². The number of nitrogens with one attached hydrogen (secondary N) is 1. The second-order valence-corrected chi connectivity index (χ2v) is 4.45. The van der Waals surface area contributed by atoms with Crippen LogP contribution >= 0.6 is 11.6 Å². The fourth-order valence-electron chi connectivity index (χ4n) is 1.63. The van der Waals surface area contributed by atoms with E-state index in [1.807, 2.05) is 13.0 Å². The molecule has 0 saturated heterocycles. The molecule has 2 N–H and O–H groups in total. The van der Waals surface area contributed by atoms with Crippen molar-refractivity contribution in [2.75, 3.05) is 20.3 Å². The summed E-state index contributed by atoms with van der Waals surface area (Å²) in [6, 6.07) is 3.56. The van der Waals surface area contributed by atoms with Gasteiger partial charge < -0.3 is 19.9 Å². The first kappa shape index (κ1) is 15.1. The number of hydrogen-bond acceptors (Lipinski definition) is 4. The maximum atomic E-state index is 9.21. The average molecular weight is 274 g/mol. The van der Waals surface area contributed by atoms with E-state index in [9.17, 15) is 5.11 Å². The quantitative estimate of drug-likeness (QED) is 0.800. The normalized spacial score (nSPS) is 12.3. The molecular formula is C13H20ClNO3. The van der Waals surface area contributed by atoms with Gasteiger partial charge in [0.2, 0.25) is 0 Å². The molecule has 18 heavy (non-hydrogen) atoms. The van der Waals surface area contributed by atoms with E-state index in [2.05, 4.69) is 5.32 Å². The van der Waals surface area contributed by atoms with Crippen LogP contribution in [0.1, 0.15) is 19.4 Å². The number of halogens is 1. The van der Waals surface area contributed by atoms with Crippen molar-refractivity contribution in [1.82, 2.24) is 5.32 Å². The van der Waals surface area contributed by atoms with Crippen LogP contribution in [0, 0.1) is 0 Å². The monoisotopic (exact) mass is 273 g/mol. The van der Waals surface area contributed by atoms with Gasteiger partial charge in [-0.2, -0.15) is 0 Å². The number of aliphatic hydroxyl groups excluding tert-OH is 1. The molecule has 1 aromatic carbocycles. The van der Waals surface area contributed by atoms with Crippen LogP contribution in [0.15, 0.2) is 12.1 Å². The summed E-state index contributed by atoms with van der Waals surface area (Å²) in [6.45, 7) is 5.29. The second kappa shape index (κ2) is 7.46. The first-order chi connectivity index (χ1) is 8.58. The Hall–Kier alpha value is -0.970. The topological polar surface area (TPSA) is 50.7 Å². The largest absolute Gasteiger partial charge is 0.493 e. The minimum Gasteiger partial charge on any atom is -0.493 e. The lowest BCUT2D eigenvalue weighted by Gasteiger charge is -2.15. The second-order valence-electron chi connectivity index (χ2n) is 4.01. The van der Waals surface area contributed by atoms with Crippen molar-refractivity contribution in [2.45, 2.75) is 26.5 Å². The molecule has 0 aliphatic carbocycles. The Morgan fingerprint density at radius 1 is 1.44 bits per heavy atom. The van der Waals surface area contributed by atoms with Gasteiger partial charge in [-0.1, -0.05) is 11.6 Å². The molecule has 0 unspecified atom stereocenters. The molecule has 102 valence electrons. The van der Waals surface area contributed by atoms with Gasteiger partial charge in [-0.3, -0.25) is 0 Å². The van der Waals surface area contributed by atoms with Gasteiger partial charge in [0.1, 0.15) is 0 Å². The van der Waals surface area contributed by atoms with Gasteiger partial charge in [0.15, 0.2) is 11.5 Å². The van der Waals surface area contributed by atoms with Crippen LogP contribution in [0.5, 0.6) is 11.5 Å². The van der Waals surface area contributed by atoms with Crippen molar-refractivity contribution < 1.29 is 14.6 Å². The van der Waals surface area contributed by atoms with Gasteiger partial charge in [0.05, 0.1) is 19.8 Å². The molecule has 5 heteroatoms. The number of benzene rings is 1. The summed E-state index contributed by atoms with van der Waals surface area (Å²) >= 11 is 6.03. The fraction of sp³-hybridized carbons (Fsp3) is 0.538. The smallest absolute Gasteiger partial charge is 0.165 e. The molecule has 0 aliphatic heterocycles. The predicted octanol–water partition coefficient (Wildman–Crippen LogP) is 2.22. The van der Waals surface area contributed by atoms with E-state index in [0.29, 0.717) is 36.2 Å². The van der Waals surface area contributed by atoms with Crippen LogP contribution in [0.2, 0.25) is 5.02 Å². The predicted molar refractivity (Wildman–Crippen MR) is 72.6 cm³/mol. The maximum absolute atomic E-state index is 9.21. The van der Waals surface area contributed by atoms with Gasteiger partial charge in [-0.15, -0.1) is 0 Å². The van der Waals surface area contributed by atoms with Crippen LogP contribution in [0.25, 0.3) is 0 Å². The summed E-state index contributed by atoms with van der Waals surface area (Å²) in [5, 5.41) is 12.9. The van der Waals surface area contributed by atoms with Gasteiger partial charge >= 0.3 is 0 Å². The summed E-state index contributed by atoms with van der Waals surface area (Å²) in [4.78, 5) is 0. The third-order valence-corrected chi connectivity index (χ3v) is 2.58. The van der Waals surface area contributed by atoms with Gasteiger partial charge in [-0.25, -0.2) is 0 Å². The zero-order valence-electron chi connectivity index (χ0n) is 11.0. The van der Waals surface area contributed by atoms with Gasteiger partial charge in [0, 0.05) is 29.7 Å². The summed E-state index contributed by atoms with van der Waals surface area (Å²) in [5.41, 5.74) is 0.918. The number of methoxy groups -OCH3 is 1. The van der Waals surface area contributed by atoms with E-state index >= 15 is 0 Å². The van der Waals surface area contributed by atoms with E-state index < -0.39 is 0 Å². The van der Waals surface area contributed by atoms with E-state index in [1.165, 1.54) is 0 Å². The summed E-state index contributed by atoms with van der Waals surface area (Å²) in [6.07, 6.45) is -0.387. The van der Waals surface area contributed by atoms with Gasteiger partial charge in [-0.05, 0) is 19.9 Å². The number of hydrogen-bond donors (Lipinski definition) is 2. The molecule has 1 atom stereocenters. The highest BCUT2D eigenvalue weighted by Gasteiger charge is 2.12. The lowest BCUT2D eigenvalue weighted by Crippen LogP contribution is -2.24. The Morgan fingerprint density at radius 2 is 2.17 bits per heavy atom. The standard InChI is InChI=1S/C13H20ClNO3/c1-4-18-13-10(8-15-7-9(2)16)5-11(14)6-12(13)17-3/h5-6,9,15-16H,4,7-8H2,1-3H3/t9-/m1/s1. The number of rotatable bonds is 7. The first-order valence-electron chi connectivity index (χ1n) is 5.96. The van der Waals surface area contributed by atoms with Crippen molar-refractivity contribution >= 4 is 11.6 Å². The van der Waals surface area contributed by atoms with Crippen molar-refractivity contribution in [1.29, 1.82) is 0 Å². The highest BCUT2D eigenvalue weighted by atomic mass is 35.5. The van der Waals surface area contributed by atoms with Crippen LogP contribution in [0.3, 0.4) is 0 Å². The van der Waals surface area contributed by atoms with Gasteiger partial charge in [0.25, 0.3) is 0 Å². The molecule has 1 rings (SSSR count). The molecule has 1 aromatic rings. The Kier molecular flexibility index (Phi) is 6.25. The lowest BCUT2D eigenvalue weighted by molar-refractivity contribution is 0.190. The highest BCUT2D eigenvalue weighted by molar-refractivity contribution is 6.30. The third kappa shape index (κ3) is 4.37. The number of ether oxygens (including phenoxy) is 2. The van der Waals surface area contributed by atoms with Crippen LogP contribution < -0.4 is 14.8 Å².